The summed E-state index contributed by atoms with van der Waals surface area (Å²) in [5.74, 6) is -1.71. The first-order chi connectivity index (χ1) is 18.8. The molecule has 0 aliphatic carbocycles. The smallest absolute Gasteiger partial charge is 0.390 e. The highest BCUT2D eigenvalue weighted by Gasteiger charge is 2.31. The fraction of sp³-hybridized carbons (Fsp3) is 0.269. The van der Waals surface area contributed by atoms with Crippen LogP contribution in [-0.4, -0.2) is 52.3 Å². The first kappa shape index (κ1) is 28.8. The minimum Gasteiger partial charge on any atom is -0.390 e. The third-order valence-electron chi connectivity index (χ3n) is 6.29. The van der Waals surface area contributed by atoms with E-state index in [0.717, 1.165) is 11.1 Å². The van der Waals surface area contributed by atoms with Crippen molar-refractivity contribution in [3.05, 3.63) is 80.2 Å². The molecule has 0 aliphatic heterocycles. The number of aromatic nitrogens is 3. The number of nitrogens with one attached hydrogen (secondary N) is 3. The van der Waals surface area contributed by atoms with Gasteiger partial charge in [0.15, 0.2) is 0 Å². The fourth-order valence-electron chi connectivity index (χ4n) is 4.43. The van der Waals surface area contributed by atoms with Crippen molar-refractivity contribution in [3.8, 4) is 0 Å². The Hall–Kier alpha value is -4.23. The molecule has 0 saturated heterocycles. The summed E-state index contributed by atoms with van der Waals surface area (Å²) in [6.07, 6.45) is 1.36. The molecule has 1 atom stereocenters. The molecule has 2 aromatic heterocycles. The van der Waals surface area contributed by atoms with E-state index in [1.165, 1.54) is 35.9 Å². The molecule has 14 heteroatoms. The highest BCUT2D eigenvalue weighted by molar-refractivity contribution is 7.91. The molecule has 4 rings (SSSR count). The Labute approximate surface area is 234 Å². The molecular weight excluding hydrogens is 560 g/mol. The average molecular weight is 587 g/mol. The van der Waals surface area contributed by atoms with Gasteiger partial charge in [0.2, 0.25) is 15.7 Å². The Morgan fingerprint density at radius 3 is 2.48 bits per heavy atom. The molecule has 3 N–H and O–H groups in total. The zero-order valence-corrected chi connectivity index (χ0v) is 23.7. The molecule has 0 radical (unpaired) electrons. The predicted molar refractivity (Wildman–Crippen MR) is 148 cm³/mol. The molecular formula is C26H27ClN6O6S. The number of aryl methyl sites for hydroxylation is 3. The zero-order chi connectivity index (χ0) is 29.4. The average Bonchev–Trinajstić information content (AvgIpc) is 3.44. The minimum atomic E-state index is -4.19. The van der Waals surface area contributed by atoms with Gasteiger partial charge in [-0.05, 0) is 74.1 Å². The van der Waals surface area contributed by atoms with Crippen molar-refractivity contribution in [2.24, 2.45) is 0 Å². The van der Waals surface area contributed by atoms with Gasteiger partial charge in [-0.1, -0.05) is 22.7 Å². The molecule has 0 aliphatic rings. The van der Waals surface area contributed by atoms with Gasteiger partial charge in [-0.25, -0.2) is 13.0 Å². The molecule has 4 aromatic rings. The summed E-state index contributed by atoms with van der Waals surface area (Å²) in [5.41, 5.74) is 2.18. The lowest BCUT2D eigenvalue weighted by Gasteiger charge is -2.15. The summed E-state index contributed by atoms with van der Waals surface area (Å²) >= 11 is 6.17. The Bertz CT molecular complexity index is 1740. The van der Waals surface area contributed by atoms with E-state index in [1.807, 2.05) is 6.07 Å². The Morgan fingerprint density at radius 2 is 1.82 bits per heavy atom. The van der Waals surface area contributed by atoms with E-state index in [2.05, 4.69) is 20.6 Å². The number of amides is 2. The molecule has 2 amide bonds. The van der Waals surface area contributed by atoms with E-state index >= 15 is 0 Å². The standard InChI is InChI=1S/C26H27ClN6O6S/c1-14-9-15(2)11-19(10-14)40(38,39)23-20-12-18(27)5-6-21(20)31-22(23)25(35)30-17(4)24(34)28-7-8-32-16(3)13-29-26(32)33(36)37/h5-6,9-13,17,31H,7-8H2,1-4H3,(H,28,34)(H,30,35). The van der Waals surface area contributed by atoms with Gasteiger partial charge in [-0.15, -0.1) is 0 Å². The number of halogens is 1. The van der Waals surface area contributed by atoms with Crippen LogP contribution in [0.3, 0.4) is 0 Å². The molecule has 40 heavy (non-hydrogen) atoms. The number of imidazole rings is 1. The van der Waals surface area contributed by atoms with E-state index in [-0.39, 0.29) is 44.9 Å². The number of hydrogen-bond donors (Lipinski definition) is 3. The second kappa shape index (κ2) is 11.1. The number of benzene rings is 2. The number of hydrogen-bond acceptors (Lipinski definition) is 7. The van der Waals surface area contributed by atoms with E-state index in [0.29, 0.717) is 11.2 Å². The number of carbonyl (C=O) groups excluding carboxylic acids is 2. The van der Waals surface area contributed by atoms with Crippen LogP contribution in [0.4, 0.5) is 5.95 Å². The zero-order valence-electron chi connectivity index (χ0n) is 22.1. The Morgan fingerprint density at radius 1 is 1.15 bits per heavy atom. The second-order valence-electron chi connectivity index (χ2n) is 9.44. The van der Waals surface area contributed by atoms with Gasteiger partial charge in [-0.2, -0.15) is 0 Å². The van der Waals surface area contributed by atoms with Crippen molar-refractivity contribution in [2.75, 3.05) is 6.54 Å². The summed E-state index contributed by atoms with van der Waals surface area (Å²) < 4.78 is 29.0. The largest absolute Gasteiger partial charge is 0.434 e. The van der Waals surface area contributed by atoms with Crippen molar-refractivity contribution < 1.29 is 22.9 Å². The lowest BCUT2D eigenvalue weighted by atomic mass is 10.2. The van der Waals surface area contributed by atoms with Gasteiger partial charge in [-0.3, -0.25) is 9.59 Å². The maximum Gasteiger partial charge on any atom is 0.434 e. The molecule has 0 spiro atoms. The molecule has 0 fully saturated rings. The van der Waals surface area contributed by atoms with Crippen LogP contribution in [-0.2, 0) is 21.2 Å². The number of nitro groups is 1. The Kier molecular flexibility index (Phi) is 7.98. The van der Waals surface area contributed by atoms with Crippen molar-refractivity contribution in [1.29, 1.82) is 0 Å². The van der Waals surface area contributed by atoms with Crippen molar-refractivity contribution >= 4 is 50.1 Å². The van der Waals surface area contributed by atoms with E-state index in [9.17, 15) is 28.1 Å². The van der Waals surface area contributed by atoms with Gasteiger partial charge in [0.05, 0.1) is 11.4 Å². The second-order valence-corrected chi connectivity index (χ2v) is 11.8. The van der Waals surface area contributed by atoms with Crippen LogP contribution < -0.4 is 10.6 Å². The van der Waals surface area contributed by atoms with Crippen LogP contribution in [0.25, 0.3) is 10.9 Å². The van der Waals surface area contributed by atoms with Crippen LogP contribution >= 0.6 is 11.6 Å². The maximum absolute atomic E-state index is 13.8. The van der Waals surface area contributed by atoms with Crippen LogP contribution in [0.1, 0.15) is 34.2 Å². The quantitative estimate of drug-likeness (QED) is 0.199. The number of aromatic amines is 1. The van der Waals surface area contributed by atoms with Gasteiger partial charge in [0, 0.05) is 22.5 Å². The van der Waals surface area contributed by atoms with Crippen molar-refractivity contribution in [2.45, 2.75) is 50.1 Å². The Balaban J connectivity index is 1.58. The fourth-order valence-corrected chi connectivity index (χ4v) is 6.39. The first-order valence-corrected chi connectivity index (χ1v) is 14.1. The van der Waals surface area contributed by atoms with Crippen LogP contribution in [0, 0.1) is 30.9 Å². The molecule has 2 aromatic carbocycles. The van der Waals surface area contributed by atoms with E-state index in [1.54, 1.807) is 32.9 Å². The van der Waals surface area contributed by atoms with Crippen LogP contribution in [0.2, 0.25) is 5.02 Å². The van der Waals surface area contributed by atoms with Gasteiger partial charge < -0.3 is 25.7 Å². The van der Waals surface area contributed by atoms with Crippen molar-refractivity contribution in [3.63, 3.8) is 0 Å². The van der Waals surface area contributed by atoms with Crippen LogP contribution in [0.5, 0.6) is 0 Å². The maximum atomic E-state index is 13.8. The first-order valence-electron chi connectivity index (χ1n) is 12.2. The molecule has 1 unspecified atom stereocenters. The predicted octanol–water partition coefficient (Wildman–Crippen LogP) is 3.62. The topological polar surface area (TPSA) is 169 Å². The highest BCUT2D eigenvalue weighted by Crippen LogP contribution is 2.34. The molecule has 12 nitrogen and oxygen atoms in total. The molecule has 2 heterocycles. The lowest BCUT2D eigenvalue weighted by Crippen LogP contribution is -2.45. The van der Waals surface area contributed by atoms with E-state index in [4.69, 9.17) is 11.6 Å². The third-order valence-corrected chi connectivity index (χ3v) is 8.34. The van der Waals surface area contributed by atoms with Gasteiger partial charge in [0.25, 0.3) is 5.91 Å². The summed E-state index contributed by atoms with van der Waals surface area (Å²) in [4.78, 5) is 43.0. The summed E-state index contributed by atoms with van der Waals surface area (Å²) in [6.45, 7) is 6.78. The molecule has 0 bridgehead atoms. The molecule has 0 saturated carbocycles. The van der Waals surface area contributed by atoms with Gasteiger partial charge in [0.1, 0.15) is 28.5 Å². The number of nitrogens with zero attached hydrogens (tertiary/aromatic N) is 3. The number of fused-ring (bicyclic) bond motifs is 1. The number of rotatable bonds is 9. The SMILES string of the molecule is Cc1cc(C)cc(S(=O)(=O)c2c(C(=O)NC(C)C(=O)NCCn3c(C)cnc3[N+](=O)[O-])[nH]c3ccc(Cl)cc23)c1. The summed E-state index contributed by atoms with van der Waals surface area (Å²) in [6, 6.07) is 8.43. The lowest BCUT2D eigenvalue weighted by molar-refractivity contribution is -0.396. The summed E-state index contributed by atoms with van der Waals surface area (Å²) in [7, 11) is -4.19. The highest BCUT2D eigenvalue weighted by atomic mass is 35.5. The van der Waals surface area contributed by atoms with Gasteiger partial charge >= 0.3 is 5.95 Å². The van der Waals surface area contributed by atoms with E-state index < -0.39 is 32.6 Å². The number of sulfone groups is 1. The number of H-pyrrole nitrogens is 1. The summed E-state index contributed by atoms with van der Waals surface area (Å²) in [5, 5.41) is 16.8. The monoisotopic (exact) mass is 586 g/mol. The van der Waals surface area contributed by atoms with Crippen molar-refractivity contribution in [1.82, 2.24) is 25.2 Å². The number of carbonyl (C=O) groups is 2. The minimum absolute atomic E-state index is 0.0228. The third kappa shape index (κ3) is 5.70. The van der Waals surface area contributed by atoms with Crippen LogP contribution in [0.15, 0.2) is 52.4 Å². The molecule has 210 valence electrons. The normalized spacial score (nSPS) is 12.3.